The van der Waals surface area contributed by atoms with Crippen LogP contribution in [-0.4, -0.2) is 22.0 Å². The van der Waals surface area contributed by atoms with Gasteiger partial charge in [-0.15, -0.1) is 11.3 Å². The number of hydrogen-bond donors (Lipinski definition) is 2. The van der Waals surface area contributed by atoms with Crippen LogP contribution in [-0.2, 0) is 6.42 Å². The first-order valence-corrected chi connectivity index (χ1v) is 8.26. The Balaban J connectivity index is 1.71. The number of thioether (sulfide) groups is 1. The highest BCUT2D eigenvalue weighted by Crippen LogP contribution is 2.28. The fourth-order valence-corrected chi connectivity index (χ4v) is 4.30. The Bertz CT molecular complexity index is 297. The van der Waals surface area contributed by atoms with Crippen LogP contribution in [0.15, 0.2) is 11.7 Å². The first-order valence-electron chi connectivity index (χ1n) is 6.33. The minimum atomic E-state index is 0.377. The highest BCUT2D eigenvalue weighted by molar-refractivity contribution is 7.99. The fourth-order valence-electron chi connectivity index (χ4n) is 2.24. The molecular formula is C12H21N3S2. The summed E-state index contributed by atoms with van der Waals surface area (Å²) in [5.41, 5.74) is 4.82. The van der Waals surface area contributed by atoms with Crippen molar-refractivity contribution in [2.24, 2.45) is 5.84 Å². The third kappa shape index (κ3) is 4.58. The molecule has 1 fully saturated rings. The molecule has 96 valence electrons. The number of hydrogen-bond acceptors (Lipinski definition) is 5. The summed E-state index contributed by atoms with van der Waals surface area (Å²) in [7, 11) is 0. The Kier molecular flexibility index (Phi) is 5.77. The van der Waals surface area contributed by atoms with E-state index in [1.807, 2.05) is 11.7 Å². The Morgan fingerprint density at radius 1 is 1.47 bits per heavy atom. The molecule has 3 N–H and O–H groups in total. The van der Waals surface area contributed by atoms with Crippen molar-refractivity contribution in [1.29, 1.82) is 0 Å². The molecule has 0 radical (unpaired) electrons. The van der Waals surface area contributed by atoms with E-state index in [9.17, 15) is 0 Å². The molecule has 1 aromatic heterocycles. The second-order valence-electron chi connectivity index (χ2n) is 4.63. The minimum Gasteiger partial charge on any atom is -0.271 e. The van der Waals surface area contributed by atoms with Gasteiger partial charge < -0.3 is 0 Å². The van der Waals surface area contributed by atoms with E-state index < -0.39 is 0 Å². The van der Waals surface area contributed by atoms with E-state index in [0.717, 1.165) is 17.4 Å². The third-order valence-electron chi connectivity index (χ3n) is 3.25. The molecule has 0 aromatic carbocycles. The molecule has 1 aliphatic rings. The van der Waals surface area contributed by atoms with E-state index in [0.29, 0.717) is 6.04 Å². The van der Waals surface area contributed by atoms with Gasteiger partial charge in [0.2, 0.25) is 0 Å². The zero-order valence-electron chi connectivity index (χ0n) is 10.1. The SMILES string of the molecule is NNC(CSC1CCCCC1)Cc1cncs1. The van der Waals surface area contributed by atoms with Gasteiger partial charge in [-0.2, -0.15) is 11.8 Å². The second kappa shape index (κ2) is 7.36. The van der Waals surface area contributed by atoms with E-state index >= 15 is 0 Å². The number of nitrogens with one attached hydrogen (secondary N) is 1. The highest BCUT2D eigenvalue weighted by atomic mass is 32.2. The molecule has 0 aliphatic heterocycles. The lowest BCUT2D eigenvalue weighted by Crippen LogP contribution is -2.39. The first-order chi connectivity index (χ1) is 8.38. The Morgan fingerprint density at radius 2 is 2.29 bits per heavy atom. The van der Waals surface area contributed by atoms with Crippen LogP contribution in [0.5, 0.6) is 0 Å². The highest BCUT2D eigenvalue weighted by Gasteiger charge is 2.16. The van der Waals surface area contributed by atoms with Crippen molar-refractivity contribution in [3.8, 4) is 0 Å². The summed E-state index contributed by atoms with van der Waals surface area (Å²) in [5.74, 6) is 6.74. The summed E-state index contributed by atoms with van der Waals surface area (Å²) in [6, 6.07) is 0.377. The van der Waals surface area contributed by atoms with Gasteiger partial charge in [-0.25, -0.2) is 0 Å². The average Bonchev–Trinajstić information content (AvgIpc) is 2.88. The predicted octanol–water partition coefficient (Wildman–Crippen LogP) is 2.58. The number of aromatic nitrogens is 1. The van der Waals surface area contributed by atoms with Crippen molar-refractivity contribution in [2.45, 2.75) is 49.8 Å². The van der Waals surface area contributed by atoms with Gasteiger partial charge in [-0.05, 0) is 12.8 Å². The monoisotopic (exact) mass is 271 g/mol. The lowest BCUT2D eigenvalue weighted by atomic mass is 10.0. The fraction of sp³-hybridized carbons (Fsp3) is 0.750. The van der Waals surface area contributed by atoms with Crippen LogP contribution >= 0.6 is 23.1 Å². The number of hydrazine groups is 1. The van der Waals surface area contributed by atoms with Gasteiger partial charge >= 0.3 is 0 Å². The molecule has 2 rings (SSSR count). The van der Waals surface area contributed by atoms with Crippen molar-refractivity contribution in [3.05, 3.63) is 16.6 Å². The van der Waals surface area contributed by atoms with Gasteiger partial charge in [-0.3, -0.25) is 16.3 Å². The zero-order valence-corrected chi connectivity index (χ0v) is 11.7. The molecule has 1 unspecified atom stereocenters. The van der Waals surface area contributed by atoms with Crippen molar-refractivity contribution in [1.82, 2.24) is 10.4 Å². The minimum absolute atomic E-state index is 0.377. The van der Waals surface area contributed by atoms with Crippen LogP contribution in [0.4, 0.5) is 0 Å². The number of thiazole rings is 1. The Labute approximate surface area is 112 Å². The molecule has 17 heavy (non-hydrogen) atoms. The summed E-state index contributed by atoms with van der Waals surface area (Å²) in [6.07, 6.45) is 9.98. The van der Waals surface area contributed by atoms with E-state index in [1.54, 1.807) is 11.3 Å². The summed E-state index contributed by atoms with van der Waals surface area (Å²) < 4.78 is 0. The molecule has 1 aliphatic carbocycles. The molecule has 0 spiro atoms. The van der Waals surface area contributed by atoms with Crippen LogP contribution in [0.2, 0.25) is 0 Å². The van der Waals surface area contributed by atoms with Crippen LogP contribution in [0.25, 0.3) is 0 Å². The van der Waals surface area contributed by atoms with Crippen LogP contribution in [0.1, 0.15) is 37.0 Å². The molecule has 1 heterocycles. The van der Waals surface area contributed by atoms with Crippen molar-refractivity contribution in [2.75, 3.05) is 5.75 Å². The smallest absolute Gasteiger partial charge is 0.0794 e. The third-order valence-corrected chi connectivity index (χ3v) is 5.59. The number of nitrogens with zero attached hydrogens (tertiary/aromatic N) is 1. The maximum atomic E-state index is 5.63. The van der Waals surface area contributed by atoms with Gasteiger partial charge in [0.25, 0.3) is 0 Å². The standard InChI is InChI=1S/C12H21N3S2/c13-15-10(6-12-7-14-9-17-12)8-16-11-4-2-1-3-5-11/h7,9-11,15H,1-6,8,13H2. The summed E-state index contributed by atoms with van der Waals surface area (Å²) in [4.78, 5) is 5.42. The maximum absolute atomic E-state index is 5.63. The summed E-state index contributed by atoms with van der Waals surface area (Å²) >= 11 is 3.81. The molecule has 5 heteroatoms. The van der Waals surface area contributed by atoms with E-state index in [2.05, 4.69) is 22.2 Å². The number of nitrogens with two attached hydrogens (primary N) is 1. The largest absolute Gasteiger partial charge is 0.271 e. The lowest BCUT2D eigenvalue weighted by Gasteiger charge is -2.23. The van der Waals surface area contributed by atoms with Gasteiger partial charge in [0.15, 0.2) is 0 Å². The molecule has 0 amide bonds. The van der Waals surface area contributed by atoms with Gasteiger partial charge in [0.1, 0.15) is 0 Å². The van der Waals surface area contributed by atoms with E-state index in [1.165, 1.54) is 37.0 Å². The molecule has 1 aromatic rings. The van der Waals surface area contributed by atoms with Gasteiger partial charge in [0.05, 0.1) is 5.51 Å². The molecule has 1 atom stereocenters. The van der Waals surface area contributed by atoms with Crippen molar-refractivity contribution in [3.63, 3.8) is 0 Å². The van der Waals surface area contributed by atoms with Crippen LogP contribution < -0.4 is 11.3 Å². The Hall–Kier alpha value is -0.100. The zero-order chi connectivity index (χ0) is 11.9. The van der Waals surface area contributed by atoms with E-state index in [4.69, 9.17) is 5.84 Å². The van der Waals surface area contributed by atoms with E-state index in [-0.39, 0.29) is 0 Å². The second-order valence-corrected chi connectivity index (χ2v) is 6.93. The molecule has 0 saturated heterocycles. The normalized spacial score (nSPS) is 19.4. The van der Waals surface area contributed by atoms with Crippen molar-refractivity contribution < 1.29 is 0 Å². The van der Waals surface area contributed by atoms with Crippen LogP contribution in [0, 0.1) is 0 Å². The van der Waals surface area contributed by atoms with Crippen molar-refractivity contribution >= 4 is 23.1 Å². The van der Waals surface area contributed by atoms with Gasteiger partial charge in [-0.1, -0.05) is 19.3 Å². The predicted molar refractivity (Wildman–Crippen MR) is 76.3 cm³/mol. The van der Waals surface area contributed by atoms with Crippen LogP contribution in [0.3, 0.4) is 0 Å². The molecule has 0 bridgehead atoms. The number of rotatable bonds is 6. The lowest BCUT2D eigenvalue weighted by molar-refractivity contribution is 0.513. The molecule has 1 saturated carbocycles. The average molecular weight is 271 g/mol. The Morgan fingerprint density at radius 3 is 2.94 bits per heavy atom. The quantitative estimate of drug-likeness (QED) is 0.617. The summed E-state index contributed by atoms with van der Waals surface area (Å²) in [6.45, 7) is 0. The molecule has 3 nitrogen and oxygen atoms in total. The maximum Gasteiger partial charge on any atom is 0.0794 e. The van der Waals surface area contributed by atoms with Gasteiger partial charge in [0, 0.05) is 34.5 Å². The topological polar surface area (TPSA) is 50.9 Å². The first kappa shape index (κ1) is 13.3. The molecular weight excluding hydrogens is 250 g/mol. The summed E-state index contributed by atoms with van der Waals surface area (Å²) in [5, 5.41) is 0.862.